The number of hydrogen-bond donors (Lipinski definition) is 1. The van der Waals surface area contributed by atoms with E-state index < -0.39 is 7.60 Å². The molecule has 0 aromatic rings. The minimum atomic E-state index is -3.64. The van der Waals surface area contributed by atoms with Gasteiger partial charge >= 0.3 is 7.60 Å². The monoisotopic (exact) mass is 340 g/mol. The van der Waals surface area contributed by atoms with Gasteiger partial charge in [-0.15, -0.1) is 0 Å². The molecule has 1 aliphatic rings. The summed E-state index contributed by atoms with van der Waals surface area (Å²) in [6.07, 6.45) is 10.2. The van der Waals surface area contributed by atoms with Crippen LogP contribution in [0.25, 0.3) is 0 Å². The molecule has 0 spiro atoms. The summed E-state index contributed by atoms with van der Waals surface area (Å²) in [7, 11) is -3.64. The number of rotatable bonds is 7. The Hall–Kier alpha value is -0.630. The van der Waals surface area contributed by atoms with Crippen LogP contribution in [0.2, 0.25) is 0 Å². The SMILES string of the molecule is CCC(C)OP(=O)(O)C=CC(C)C=CC1=C(C)CCCC1(C)C. The second-order valence-electron chi connectivity index (χ2n) is 7.38. The van der Waals surface area contributed by atoms with Crippen LogP contribution in [0.3, 0.4) is 0 Å². The van der Waals surface area contributed by atoms with Crippen molar-refractivity contribution in [2.75, 3.05) is 0 Å². The van der Waals surface area contributed by atoms with Gasteiger partial charge in [-0.2, -0.15) is 0 Å². The fourth-order valence-electron chi connectivity index (χ4n) is 2.93. The van der Waals surface area contributed by atoms with Crippen LogP contribution in [-0.2, 0) is 9.09 Å². The fourth-order valence-corrected chi connectivity index (χ4v) is 4.16. The van der Waals surface area contributed by atoms with Gasteiger partial charge in [0.2, 0.25) is 0 Å². The van der Waals surface area contributed by atoms with Crippen LogP contribution in [0.5, 0.6) is 0 Å². The lowest BCUT2D eigenvalue weighted by molar-refractivity contribution is 0.191. The van der Waals surface area contributed by atoms with Gasteiger partial charge in [0.15, 0.2) is 0 Å². The first-order valence-electron chi connectivity index (χ1n) is 8.66. The Kier molecular flexibility index (Phi) is 7.51. The zero-order chi connectivity index (χ0) is 17.7. The van der Waals surface area contributed by atoms with Crippen molar-refractivity contribution in [3.05, 3.63) is 35.2 Å². The Morgan fingerprint density at radius 3 is 2.57 bits per heavy atom. The zero-order valence-corrected chi connectivity index (χ0v) is 16.4. The second kappa shape index (κ2) is 8.46. The smallest absolute Gasteiger partial charge is 0.321 e. The highest BCUT2D eigenvalue weighted by molar-refractivity contribution is 7.56. The first-order chi connectivity index (χ1) is 10.6. The average molecular weight is 340 g/mol. The third kappa shape index (κ3) is 6.79. The van der Waals surface area contributed by atoms with Crippen molar-refractivity contribution in [2.45, 2.75) is 73.3 Å². The predicted octanol–water partition coefficient (Wildman–Crippen LogP) is 6.22. The maximum atomic E-state index is 12.0. The van der Waals surface area contributed by atoms with Crippen molar-refractivity contribution in [1.29, 1.82) is 0 Å². The van der Waals surface area contributed by atoms with E-state index in [0.717, 1.165) is 6.42 Å². The van der Waals surface area contributed by atoms with Gasteiger partial charge in [-0.1, -0.05) is 51.5 Å². The molecule has 0 saturated carbocycles. The quantitative estimate of drug-likeness (QED) is 0.560. The van der Waals surface area contributed by atoms with E-state index in [1.165, 1.54) is 36.2 Å². The largest absolute Gasteiger partial charge is 0.351 e. The molecule has 1 N–H and O–H groups in total. The van der Waals surface area contributed by atoms with Crippen LogP contribution >= 0.6 is 7.60 Å². The van der Waals surface area contributed by atoms with Crippen molar-refractivity contribution < 1.29 is 14.0 Å². The summed E-state index contributed by atoms with van der Waals surface area (Å²) in [4.78, 5) is 9.82. The molecule has 132 valence electrons. The normalized spacial score (nSPS) is 24.1. The molecule has 0 amide bonds. The van der Waals surface area contributed by atoms with Crippen LogP contribution in [0.15, 0.2) is 35.2 Å². The molecule has 1 aliphatic carbocycles. The Morgan fingerprint density at radius 1 is 1.35 bits per heavy atom. The van der Waals surface area contributed by atoms with E-state index in [1.54, 1.807) is 13.0 Å². The molecular weight excluding hydrogens is 307 g/mol. The molecule has 0 aromatic carbocycles. The van der Waals surface area contributed by atoms with E-state index in [-0.39, 0.29) is 17.4 Å². The third-order valence-corrected chi connectivity index (χ3v) is 5.80. The second-order valence-corrected chi connectivity index (χ2v) is 9.02. The molecule has 0 heterocycles. The van der Waals surface area contributed by atoms with Gasteiger partial charge in [-0.3, -0.25) is 4.57 Å². The summed E-state index contributed by atoms with van der Waals surface area (Å²) in [6, 6.07) is 0. The molecule has 3 unspecified atom stereocenters. The highest BCUT2D eigenvalue weighted by atomic mass is 31.2. The van der Waals surface area contributed by atoms with E-state index in [2.05, 4.69) is 32.9 Å². The van der Waals surface area contributed by atoms with Gasteiger partial charge in [0.05, 0.1) is 6.10 Å². The summed E-state index contributed by atoms with van der Waals surface area (Å²) >= 11 is 0. The van der Waals surface area contributed by atoms with Gasteiger partial charge in [0.25, 0.3) is 0 Å². The molecule has 4 heteroatoms. The first kappa shape index (κ1) is 20.4. The summed E-state index contributed by atoms with van der Waals surface area (Å²) in [6.45, 7) is 12.5. The summed E-state index contributed by atoms with van der Waals surface area (Å²) in [5.41, 5.74) is 3.09. The highest BCUT2D eigenvalue weighted by Gasteiger charge is 2.26. The molecular formula is C19H33O3P. The number of allylic oxidation sites excluding steroid dienone is 5. The molecule has 3 nitrogen and oxygen atoms in total. The van der Waals surface area contributed by atoms with Gasteiger partial charge in [-0.25, -0.2) is 0 Å². The minimum absolute atomic E-state index is 0.0917. The molecule has 0 fully saturated rings. The van der Waals surface area contributed by atoms with Gasteiger partial charge < -0.3 is 9.42 Å². The van der Waals surface area contributed by atoms with Gasteiger partial charge in [0.1, 0.15) is 0 Å². The summed E-state index contributed by atoms with van der Waals surface area (Å²) < 4.78 is 17.1. The summed E-state index contributed by atoms with van der Waals surface area (Å²) in [5, 5.41) is 0. The molecule has 23 heavy (non-hydrogen) atoms. The molecule has 0 aromatic heterocycles. The highest BCUT2D eigenvalue weighted by Crippen LogP contribution is 2.46. The van der Waals surface area contributed by atoms with Crippen LogP contribution in [-0.4, -0.2) is 11.0 Å². The van der Waals surface area contributed by atoms with E-state index in [9.17, 15) is 9.46 Å². The van der Waals surface area contributed by atoms with Crippen LogP contribution in [0.4, 0.5) is 0 Å². The zero-order valence-electron chi connectivity index (χ0n) is 15.5. The van der Waals surface area contributed by atoms with Crippen LogP contribution in [0, 0.1) is 11.3 Å². The van der Waals surface area contributed by atoms with E-state index in [0.29, 0.717) is 0 Å². The molecule has 3 atom stereocenters. The average Bonchev–Trinajstić information content (AvgIpc) is 2.43. The molecule has 1 rings (SSSR count). The lowest BCUT2D eigenvalue weighted by atomic mass is 9.72. The van der Waals surface area contributed by atoms with E-state index in [1.807, 2.05) is 13.8 Å². The molecule has 0 bridgehead atoms. The third-order valence-electron chi connectivity index (χ3n) is 4.59. The van der Waals surface area contributed by atoms with Crippen molar-refractivity contribution in [3.63, 3.8) is 0 Å². The number of hydrogen-bond acceptors (Lipinski definition) is 2. The summed E-state index contributed by atoms with van der Waals surface area (Å²) in [5.74, 6) is 1.41. The van der Waals surface area contributed by atoms with Crippen molar-refractivity contribution >= 4 is 7.60 Å². The molecule has 0 aliphatic heterocycles. The van der Waals surface area contributed by atoms with Crippen molar-refractivity contribution in [1.82, 2.24) is 0 Å². The Labute approximate surface area is 142 Å². The minimum Gasteiger partial charge on any atom is -0.321 e. The Morgan fingerprint density at radius 2 is 2.00 bits per heavy atom. The van der Waals surface area contributed by atoms with Crippen molar-refractivity contribution in [3.8, 4) is 0 Å². The van der Waals surface area contributed by atoms with Gasteiger partial charge in [0, 0.05) is 5.82 Å². The first-order valence-corrected chi connectivity index (χ1v) is 10.3. The van der Waals surface area contributed by atoms with E-state index >= 15 is 0 Å². The van der Waals surface area contributed by atoms with Crippen LogP contribution < -0.4 is 0 Å². The predicted molar refractivity (Wildman–Crippen MR) is 98.4 cm³/mol. The Balaban J connectivity index is 2.74. The molecule has 0 radical (unpaired) electrons. The van der Waals surface area contributed by atoms with Crippen molar-refractivity contribution in [2.24, 2.45) is 11.3 Å². The van der Waals surface area contributed by atoms with Crippen LogP contribution in [0.1, 0.15) is 67.2 Å². The maximum Gasteiger partial charge on any atom is 0.351 e. The van der Waals surface area contributed by atoms with E-state index in [4.69, 9.17) is 4.52 Å². The fraction of sp³-hybridized carbons (Fsp3) is 0.684. The maximum absolute atomic E-state index is 12.0. The Bertz CT molecular complexity index is 529. The topological polar surface area (TPSA) is 46.5 Å². The van der Waals surface area contributed by atoms with Gasteiger partial charge in [-0.05, 0) is 56.4 Å². The lowest BCUT2D eigenvalue weighted by Gasteiger charge is -2.33. The standard InChI is InChI=1S/C19H33O3P/c1-7-17(4)22-23(20,21)14-12-15(2)10-11-18-16(3)9-8-13-19(18,5)6/h10-12,14-15,17H,7-9,13H2,1-6H3,(H,20,21). The molecule has 0 saturated heterocycles. The lowest BCUT2D eigenvalue weighted by Crippen LogP contribution is -2.19.